The lowest BCUT2D eigenvalue weighted by molar-refractivity contribution is -0.137. The van der Waals surface area contributed by atoms with Crippen LogP contribution in [-0.4, -0.2) is 36.2 Å². The molecule has 2 atom stereocenters. The second kappa shape index (κ2) is 7.60. The minimum atomic E-state index is -4.54. The number of hydrogen-bond donors (Lipinski definition) is 1. The molecule has 4 rings (SSSR count). The van der Waals surface area contributed by atoms with Crippen molar-refractivity contribution in [2.24, 2.45) is 0 Å². The number of aromatic nitrogens is 1. The summed E-state index contributed by atoms with van der Waals surface area (Å²) in [5.74, 6) is -0.0140. The zero-order valence-corrected chi connectivity index (χ0v) is 16.9. The van der Waals surface area contributed by atoms with E-state index in [1.54, 1.807) is 4.90 Å². The SMILES string of the molecule is CC1CN(c2ccc(NC(=O)c3cnc(C4CC4)s3)cc2C(F)(F)F)CC(C)O1. The predicted octanol–water partition coefficient (Wildman–Crippen LogP) is 4.91. The highest BCUT2D eigenvalue weighted by molar-refractivity contribution is 7.13. The van der Waals surface area contributed by atoms with Gasteiger partial charge in [0.15, 0.2) is 0 Å². The van der Waals surface area contributed by atoms with Crippen LogP contribution in [0, 0.1) is 0 Å². The van der Waals surface area contributed by atoms with Gasteiger partial charge in [-0.25, -0.2) is 4.98 Å². The van der Waals surface area contributed by atoms with Gasteiger partial charge < -0.3 is 15.0 Å². The van der Waals surface area contributed by atoms with E-state index in [4.69, 9.17) is 4.74 Å². The maximum Gasteiger partial charge on any atom is 0.418 e. The topological polar surface area (TPSA) is 54.5 Å². The highest BCUT2D eigenvalue weighted by atomic mass is 32.1. The molecule has 0 bridgehead atoms. The van der Waals surface area contributed by atoms with Gasteiger partial charge in [-0.3, -0.25) is 4.79 Å². The normalized spacial score (nSPS) is 22.6. The molecule has 2 fully saturated rings. The Kier molecular flexibility index (Phi) is 5.29. The highest BCUT2D eigenvalue weighted by Crippen LogP contribution is 2.42. The smallest absolute Gasteiger partial charge is 0.372 e. The van der Waals surface area contributed by atoms with Gasteiger partial charge in [0.05, 0.1) is 29.0 Å². The average molecular weight is 425 g/mol. The fourth-order valence-electron chi connectivity index (χ4n) is 3.60. The van der Waals surface area contributed by atoms with Crippen LogP contribution in [0.1, 0.15) is 52.8 Å². The van der Waals surface area contributed by atoms with Crippen LogP contribution in [0.25, 0.3) is 0 Å². The summed E-state index contributed by atoms with van der Waals surface area (Å²) in [4.78, 5) is 18.8. The van der Waals surface area contributed by atoms with E-state index < -0.39 is 17.6 Å². The van der Waals surface area contributed by atoms with Crippen LogP contribution < -0.4 is 10.2 Å². The molecule has 29 heavy (non-hydrogen) atoms. The molecule has 1 saturated heterocycles. The number of anilines is 2. The average Bonchev–Trinajstić information content (AvgIpc) is 3.36. The number of alkyl halides is 3. The second-order valence-electron chi connectivity index (χ2n) is 7.68. The van der Waals surface area contributed by atoms with Crippen LogP contribution in [0.15, 0.2) is 24.4 Å². The molecule has 1 aliphatic carbocycles. The minimum Gasteiger partial charge on any atom is -0.372 e. The Morgan fingerprint density at radius 3 is 2.55 bits per heavy atom. The Morgan fingerprint density at radius 1 is 1.24 bits per heavy atom. The molecule has 2 heterocycles. The van der Waals surface area contributed by atoms with E-state index in [1.165, 1.54) is 29.7 Å². The molecule has 1 N–H and O–H groups in total. The third-order valence-electron chi connectivity index (χ3n) is 4.99. The third-order valence-corrected chi connectivity index (χ3v) is 6.15. The van der Waals surface area contributed by atoms with Gasteiger partial charge in [0.1, 0.15) is 4.88 Å². The summed E-state index contributed by atoms with van der Waals surface area (Å²) < 4.78 is 46.9. The number of benzene rings is 1. The van der Waals surface area contributed by atoms with Gasteiger partial charge in [0.25, 0.3) is 5.91 Å². The van der Waals surface area contributed by atoms with Gasteiger partial charge in [0.2, 0.25) is 0 Å². The van der Waals surface area contributed by atoms with Crippen molar-refractivity contribution in [3.05, 3.63) is 39.8 Å². The molecule has 2 aromatic rings. The summed E-state index contributed by atoms with van der Waals surface area (Å²) in [6.45, 7) is 4.44. The molecule has 9 heteroatoms. The minimum absolute atomic E-state index is 0.103. The lowest BCUT2D eigenvalue weighted by Gasteiger charge is -2.38. The maximum absolute atomic E-state index is 13.8. The van der Waals surface area contributed by atoms with Crippen molar-refractivity contribution in [2.75, 3.05) is 23.3 Å². The van der Waals surface area contributed by atoms with Gasteiger partial charge in [-0.1, -0.05) is 0 Å². The molecule has 1 aromatic carbocycles. The monoisotopic (exact) mass is 425 g/mol. The fourth-order valence-corrected chi connectivity index (χ4v) is 4.58. The van der Waals surface area contributed by atoms with Crippen molar-refractivity contribution in [1.29, 1.82) is 0 Å². The molecule has 0 radical (unpaired) electrons. The quantitative estimate of drug-likeness (QED) is 0.757. The number of nitrogens with zero attached hydrogens (tertiary/aromatic N) is 2. The van der Waals surface area contributed by atoms with Crippen LogP contribution in [-0.2, 0) is 10.9 Å². The highest BCUT2D eigenvalue weighted by Gasteiger charge is 2.37. The Labute approximate surface area is 170 Å². The Bertz CT molecular complexity index is 901. The zero-order valence-electron chi connectivity index (χ0n) is 16.1. The fraction of sp³-hybridized carbons (Fsp3) is 0.500. The first-order chi connectivity index (χ1) is 13.7. The number of carbonyl (C=O) groups is 1. The van der Waals surface area contributed by atoms with Gasteiger partial charge in [-0.05, 0) is 44.9 Å². The van der Waals surface area contributed by atoms with Gasteiger partial charge in [-0.15, -0.1) is 11.3 Å². The lowest BCUT2D eigenvalue weighted by Crippen LogP contribution is -2.46. The van der Waals surface area contributed by atoms with Crippen LogP contribution in [0.4, 0.5) is 24.5 Å². The van der Waals surface area contributed by atoms with Crippen LogP contribution in [0.2, 0.25) is 0 Å². The Hall–Kier alpha value is -2.13. The first-order valence-corrected chi connectivity index (χ1v) is 10.4. The number of morpholine rings is 1. The van der Waals surface area contributed by atoms with Gasteiger partial charge >= 0.3 is 6.18 Å². The van der Waals surface area contributed by atoms with E-state index in [2.05, 4.69) is 10.3 Å². The predicted molar refractivity (Wildman–Crippen MR) is 106 cm³/mol. The molecule has 1 saturated carbocycles. The van der Waals surface area contributed by atoms with Crippen molar-refractivity contribution in [3.8, 4) is 0 Å². The number of nitrogens with one attached hydrogen (secondary N) is 1. The van der Waals surface area contributed by atoms with Crippen LogP contribution in [0.5, 0.6) is 0 Å². The third kappa shape index (κ3) is 4.56. The van der Waals surface area contributed by atoms with E-state index in [9.17, 15) is 18.0 Å². The Morgan fingerprint density at radius 2 is 1.93 bits per heavy atom. The molecule has 1 aromatic heterocycles. The molecule has 1 aliphatic heterocycles. The van der Waals surface area contributed by atoms with Crippen LogP contribution >= 0.6 is 11.3 Å². The zero-order chi connectivity index (χ0) is 20.8. The van der Waals surface area contributed by atoms with Gasteiger partial charge in [-0.2, -0.15) is 13.2 Å². The number of thiazole rings is 1. The van der Waals surface area contributed by atoms with E-state index >= 15 is 0 Å². The number of rotatable bonds is 4. The van der Waals surface area contributed by atoms with Crippen LogP contribution in [0.3, 0.4) is 0 Å². The molecule has 1 amide bonds. The number of carbonyl (C=O) groups excluding carboxylic acids is 1. The number of ether oxygens (including phenoxy) is 1. The standard InChI is InChI=1S/C20H22F3N3O2S/c1-11-9-26(10-12(2)28-11)16-6-5-14(7-15(16)20(21,22)23)25-18(27)17-8-24-19(29-17)13-3-4-13/h5-8,11-13H,3-4,9-10H2,1-2H3,(H,25,27). The second-order valence-corrected chi connectivity index (χ2v) is 8.75. The lowest BCUT2D eigenvalue weighted by atomic mass is 10.1. The van der Waals surface area contributed by atoms with Crippen molar-refractivity contribution in [3.63, 3.8) is 0 Å². The first kappa shape index (κ1) is 20.2. The van der Waals surface area contributed by atoms with Crippen molar-refractivity contribution in [2.45, 2.75) is 51.0 Å². The van der Waals surface area contributed by atoms with Crippen molar-refractivity contribution in [1.82, 2.24) is 4.98 Å². The van der Waals surface area contributed by atoms with E-state index in [1.807, 2.05) is 13.8 Å². The van der Waals surface area contributed by atoms with Gasteiger partial charge in [0, 0.05) is 30.4 Å². The number of hydrogen-bond acceptors (Lipinski definition) is 5. The van der Waals surface area contributed by atoms with Crippen molar-refractivity contribution >= 4 is 28.6 Å². The number of amides is 1. The summed E-state index contributed by atoms with van der Waals surface area (Å²) in [6.07, 6.45) is -1.22. The molecule has 2 aliphatic rings. The summed E-state index contributed by atoms with van der Waals surface area (Å²) >= 11 is 1.30. The maximum atomic E-state index is 13.8. The number of halogens is 3. The van der Waals surface area contributed by atoms with Crippen molar-refractivity contribution < 1.29 is 22.7 Å². The molecule has 0 spiro atoms. The van der Waals surface area contributed by atoms with E-state index in [-0.39, 0.29) is 23.6 Å². The molecular formula is C20H22F3N3O2S. The molecule has 2 unspecified atom stereocenters. The summed E-state index contributed by atoms with van der Waals surface area (Å²) in [6, 6.07) is 3.93. The largest absolute Gasteiger partial charge is 0.418 e. The van der Waals surface area contributed by atoms with E-state index in [0.717, 1.165) is 23.9 Å². The summed E-state index contributed by atoms with van der Waals surface area (Å²) in [5, 5.41) is 3.49. The molecular weight excluding hydrogens is 403 g/mol. The molecule has 5 nitrogen and oxygen atoms in total. The summed E-state index contributed by atoms with van der Waals surface area (Å²) in [7, 11) is 0. The summed E-state index contributed by atoms with van der Waals surface area (Å²) in [5.41, 5.74) is -0.548. The first-order valence-electron chi connectivity index (χ1n) is 9.59. The molecule has 156 valence electrons. The van der Waals surface area contributed by atoms with E-state index in [0.29, 0.717) is 23.9 Å². The Balaban J connectivity index is 1.57.